The van der Waals surface area contributed by atoms with Crippen LogP contribution in [0.15, 0.2) is 77.6 Å². The summed E-state index contributed by atoms with van der Waals surface area (Å²) < 4.78 is 6.56. The molecule has 5 rings (SSSR count). The van der Waals surface area contributed by atoms with E-state index in [4.69, 9.17) is 16.3 Å². The summed E-state index contributed by atoms with van der Waals surface area (Å²) in [7, 11) is 1.36. The number of carboxylic acid groups (broad SMARTS) is 1. The van der Waals surface area contributed by atoms with Crippen LogP contribution in [0.25, 0.3) is 11.1 Å². The Morgan fingerprint density at radius 2 is 1.57 bits per heavy atom. The first kappa shape index (κ1) is 33.1. The van der Waals surface area contributed by atoms with E-state index in [0.29, 0.717) is 33.1 Å². The van der Waals surface area contributed by atoms with Crippen LogP contribution >= 0.6 is 11.6 Å². The van der Waals surface area contributed by atoms with Gasteiger partial charge in [0.25, 0.3) is 5.56 Å². The molecule has 1 unspecified atom stereocenters. The number of halogens is 1. The second-order valence-electron chi connectivity index (χ2n) is 11.4. The lowest BCUT2D eigenvalue weighted by atomic mass is 9.98. The van der Waals surface area contributed by atoms with Gasteiger partial charge in [0, 0.05) is 40.4 Å². The summed E-state index contributed by atoms with van der Waals surface area (Å²) in [5.74, 6) is -1.99. The molecule has 47 heavy (non-hydrogen) atoms. The second kappa shape index (κ2) is 14.4. The normalized spacial score (nSPS) is 13.5. The van der Waals surface area contributed by atoms with E-state index < -0.39 is 23.5 Å². The number of nitrogens with one attached hydrogen (secondary N) is 2. The molecule has 3 N–H and O–H groups in total. The lowest BCUT2D eigenvalue weighted by molar-refractivity contribution is -0.120. The average Bonchev–Trinajstić information content (AvgIpc) is 3.60. The number of benzene rings is 3. The van der Waals surface area contributed by atoms with Crippen LogP contribution in [0.1, 0.15) is 64.9 Å². The number of nitrogens with zero attached hydrogens (tertiary/aromatic N) is 2. The molecule has 0 spiro atoms. The summed E-state index contributed by atoms with van der Waals surface area (Å²) in [6.45, 7) is 1.39. The molecule has 2 amide bonds. The molecular formula is C35H33ClN4O7. The highest BCUT2D eigenvalue weighted by Crippen LogP contribution is 2.33. The van der Waals surface area contributed by atoms with Crippen LogP contribution < -0.4 is 20.9 Å². The monoisotopic (exact) mass is 656 g/mol. The van der Waals surface area contributed by atoms with Crippen LogP contribution in [-0.2, 0) is 16.0 Å². The van der Waals surface area contributed by atoms with Gasteiger partial charge in [0.2, 0.25) is 17.7 Å². The van der Waals surface area contributed by atoms with Crippen molar-refractivity contribution in [2.75, 3.05) is 17.7 Å². The first-order valence-electron chi connectivity index (χ1n) is 15.1. The zero-order chi connectivity index (χ0) is 33.7. The van der Waals surface area contributed by atoms with Gasteiger partial charge in [-0.2, -0.15) is 0 Å². The van der Waals surface area contributed by atoms with Crippen molar-refractivity contribution in [2.24, 2.45) is 5.92 Å². The Kier molecular flexibility index (Phi) is 10.2. The number of carbonyl (C=O) groups is 4. The first-order valence-corrected chi connectivity index (χ1v) is 15.4. The Hall–Kier alpha value is -5.29. The van der Waals surface area contributed by atoms with Gasteiger partial charge in [0.05, 0.1) is 18.2 Å². The summed E-state index contributed by atoms with van der Waals surface area (Å²) >= 11 is 6.23. The maximum absolute atomic E-state index is 13.8. The number of ether oxygens (including phenoxy) is 1. The summed E-state index contributed by atoms with van der Waals surface area (Å²) in [6, 6.07) is 17.3. The van der Waals surface area contributed by atoms with E-state index in [9.17, 15) is 29.1 Å². The minimum Gasteiger partial charge on any atom is -0.480 e. The molecule has 0 radical (unpaired) electrons. The van der Waals surface area contributed by atoms with Crippen molar-refractivity contribution in [1.82, 2.24) is 9.78 Å². The Balaban J connectivity index is 1.50. The van der Waals surface area contributed by atoms with Crippen LogP contribution in [0.5, 0.6) is 5.88 Å². The molecule has 12 heteroatoms. The molecule has 1 saturated carbocycles. The van der Waals surface area contributed by atoms with E-state index in [1.165, 1.54) is 44.4 Å². The van der Waals surface area contributed by atoms with Crippen LogP contribution in [0.2, 0.25) is 5.02 Å². The molecule has 242 valence electrons. The number of methoxy groups -OCH3 is 1. The maximum Gasteiger partial charge on any atom is 0.335 e. The van der Waals surface area contributed by atoms with E-state index >= 15 is 0 Å². The number of carboxylic acids is 1. The Bertz CT molecular complexity index is 1880. The summed E-state index contributed by atoms with van der Waals surface area (Å²) in [4.78, 5) is 63.8. The van der Waals surface area contributed by atoms with Crippen LogP contribution in [0, 0.1) is 5.92 Å². The van der Waals surface area contributed by atoms with Gasteiger partial charge in [-0.25, -0.2) is 9.48 Å². The van der Waals surface area contributed by atoms with Gasteiger partial charge in [-0.05, 0) is 85.5 Å². The maximum atomic E-state index is 13.8. The number of hydrogen-bond donors (Lipinski definition) is 3. The molecule has 0 saturated heterocycles. The third-order valence-electron chi connectivity index (χ3n) is 8.14. The smallest absolute Gasteiger partial charge is 0.335 e. The van der Waals surface area contributed by atoms with Gasteiger partial charge in [-0.15, -0.1) is 5.10 Å². The SMILES string of the molecule is COc1nn(C(Cc2ccc(NC(=O)C3CCCC3)cc2)C(=O)Nc2ccc(C(=O)O)cc2)c(=O)cc1-c1cc(Cl)ccc1C(C)=O. The van der Waals surface area contributed by atoms with Gasteiger partial charge in [-0.3, -0.25) is 19.2 Å². The molecule has 1 aliphatic carbocycles. The molecule has 4 aromatic rings. The van der Waals surface area contributed by atoms with Crippen molar-refractivity contribution in [3.05, 3.63) is 105 Å². The van der Waals surface area contributed by atoms with Gasteiger partial charge in [0.1, 0.15) is 6.04 Å². The van der Waals surface area contributed by atoms with Crippen LogP contribution in [0.4, 0.5) is 11.4 Å². The molecule has 0 aliphatic heterocycles. The number of anilines is 2. The fourth-order valence-corrected chi connectivity index (χ4v) is 5.83. The van der Waals surface area contributed by atoms with Crippen molar-refractivity contribution in [2.45, 2.75) is 45.1 Å². The predicted molar refractivity (Wildman–Crippen MR) is 177 cm³/mol. The molecular weight excluding hydrogens is 624 g/mol. The number of hydrogen-bond acceptors (Lipinski definition) is 7. The molecule has 1 atom stereocenters. The third-order valence-corrected chi connectivity index (χ3v) is 8.38. The fraction of sp³-hybridized carbons (Fsp3) is 0.257. The summed E-state index contributed by atoms with van der Waals surface area (Å²) in [5.41, 5.74) is 1.91. The number of ketones is 1. The minimum atomic E-state index is -1.19. The lowest BCUT2D eigenvalue weighted by Gasteiger charge is -2.21. The Labute approximate surface area is 275 Å². The highest BCUT2D eigenvalue weighted by molar-refractivity contribution is 6.31. The van der Waals surface area contributed by atoms with E-state index in [1.54, 1.807) is 42.5 Å². The summed E-state index contributed by atoms with van der Waals surface area (Å²) in [5, 5.41) is 19.7. The first-order chi connectivity index (χ1) is 22.5. The van der Waals surface area contributed by atoms with Crippen molar-refractivity contribution in [3.63, 3.8) is 0 Å². The Morgan fingerprint density at radius 1 is 0.936 bits per heavy atom. The van der Waals surface area contributed by atoms with Crippen molar-refractivity contribution < 1.29 is 29.0 Å². The molecule has 3 aromatic carbocycles. The average molecular weight is 657 g/mol. The van der Waals surface area contributed by atoms with E-state index in [1.807, 2.05) is 0 Å². The highest BCUT2D eigenvalue weighted by Gasteiger charge is 2.27. The number of aromatic carboxylic acids is 1. The van der Waals surface area contributed by atoms with Crippen molar-refractivity contribution >= 4 is 46.5 Å². The van der Waals surface area contributed by atoms with Crippen molar-refractivity contribution in [3.8, 4) is 17.0 Å². The standard InChI is InChI=1S/C35H33ClN4O7/c1-20(41)27-16-11-24(36)18-28(27)29-19-31(42)40(39-34(29)47-2)30(33(44)38-26-14-9-23(10-15-26)35(45)46)17-21-7-12-25(13-8-21)37-32(43)22-5-3-4-6-22/h7-16,18-19,22,30H,3-6,17H2,1-2H3,(H,37,43)(H,38,44)(H,45,46). The predicted octanol–water partition coefficient (Wildman–Crippen LogP) is 6.02. The van der Waals surface area contributed by atoms with Crippen molar-refractivity contribution in [1.29, 1.82) is 0 Å². The van der Waals surface area contributed by atoms with Gasteiger partial charge >= 0.3 is 5.97 Å². The van der Waals surface area contributed by atoms with Crippen LogP contribution in [0.3, 0.4) is 0 Å². The van der Waals surface area contributed by atoms with E-state index in [2.05, 4.69) is 15.7 Å². The lowest BCUT2D eigenvalue weighted by Crippen LogP contribution is -2.36. The number of amides is 2. The van der Waals surface area contributed by atoms with E-state index in [-0.39, 0.29) is 41.0 Å². The third kappa shape index (κ3) is 7.75. The largest absolute Gasteiger partial charge is 0.480 e. The molecule has 1 heterocycles. The zero-order valence-electron chi connectivity index (χ0n) is 25.8. The minimum absolute atomic E-state index is 0.00153. The number of aromatic nitrogens is 2. The zero-order valence-corrected chi connectivity index (χ0v) is 26.5. The molecule has 1 fully saturated rings. The van der Waals surface area contributed by atoms with Gasteiger partial charge in [0.15, 0.2) is 5.78 Å². The fourth-order valence-electron chi connectivity index (χ4n) is 5.66. The number of rotatable bonds is 11. The Morgan fingerprint density at radius 3 is 2.19 bits per heavy atom. The highest BCUT2D eigenvalue weighted by atomic mass is 35.5. The number of Topliss-reactive ketones (excluding diaryl/α,β-unsaturated/α-hetero) is 1. The molecule has 11 nitrogen and oxygen atoms in total. The van der Waals surface area contributed by atoms with Gasteiger partial charge in [-0.1, -0.05) is 36.6 Å². The van der Waals surface area contributed by atoms with Crippen LogP contribution in [-0.4, -0.2) is 45.6 Å². The summed E-state index contributed by atoms with van der Waals surface area (Å²) in [6.07, 6.45) is 3.86. The molecule has 1 aromatic heterocycles. The topological polar surface area (TPSA) is 157 Å². The number of carbonyl (C=O) groups excluding carboxylic acids is 3. The quantitative estimate of drug-likeness (QED) is 0.165. The molecule has 1 aliphatic rings. The van der Waals surface area contributed by atoms with Gasteiger partial charge < -0.3 is 20.5 Å². The molecule has 0 bridgehead atoms. The van der Waals surface area contributed by atoms with E-state index in [0.717, 1.165) is 30.4 Å². The second-order valence-corrected chi connectivity index (χ2v) is 11.8.